The van der Waals surface area contributed by atoms with Gasteiger partial charge in [0, 0.05) is 12.0 Å². The van der Waals surface area contributed by atoms with Gasteiger partial charge in [0.1, 0.15) is 5.01 Å². The topological polar surface area (TPSA) is 59.4 Å². The molecule has 2 aromatic rings. The molecule has 0 aromatic carbocycles. The first-order chi connectivity index (χ1) is 8.70. The van der Waals surface area contributed by atoms with Gasteiger partial charge in [-0.25, -0.2) is 4.98 Å². The summed E-state index contributed by atoms with van der Waals surface area (Å²) in [5.74, 6) is -0.788. The number of thiazole rings is 1. The van der Waals surface area contributed by atoms with E-state index < -0.39 is 5.97 Å². The minimum atomic E-state index is -0.788. The van der Waals surface area contributed by atoms with Crippen molar-refractivity contribution >= 4 is 28.6 Å². The lowest BCUT2D eigenvalue weighted by Crippen LogP contribution is -1.99. The quantitative estimate of drug-likeness (QED) is 0.885. The van der Waals surface area contributed by atoms with Crippen LogP contribution in [0.25, 0.3) is 9.88 Å². The van der Waals surface area contributed by atoms with E-state index in [0.29, 0.717) is 13.0 Å². The van der Waals surface area contributed by atoms with Crippen LogP contribution in [0.4, 0.5) is 0 Å². The van der Waals surface area contributed by atoms with E-state index in [2.05, 4.69) is 4.98 Å². The van der Waals surface area contributed by atoms with Crippen LogP contribution in [0.1, 0.15) is 17.0 Å². The Balaban J connectivity index is 2.23. The van der Waals surface area contributed by atoms with E-state index in [-0.39, 0.29) is 6.42 Å². The number of rotatable bonds is 6. The summed E-state index contributed by atoms with van der Waals surface area (Å²) in [6, 6.07) is 4.00. The van der Waals surface area contributed by atoms with E-state index in [9.17, 15) is 4.79 Å². The highest BCUT2D eigenvalue weighted by Crippen LogP contribution is 2.32. The average molecular weight is 283 g/mol. The number of aryl methyl sites for hydroxylation is 1. The molecule has 0 spiro atoms. The second-order valence-corrected chi connectivity index (χ2v) is 5.72. The molecule has 0 amide bonds. The van der Waals surface area contributed by atoms with Gasteiger partial charge >= 0.3 is 5.97 Å². The van der Waals surface area contributed by atoms with Crippen molar-refractivity contribution in [2.24, 2.45) is 0 Å². The number of nitrogens with zero attached hydrogens (tertiary/aromatic N) is 1. The number of aromatic nitrogens is 1. The summed E-state index contributed by atoms with van der Waals surface area (Å²) in [5.41, 5.74) is 0.854. The van der Waals surface area contributed by atoms with E-state index in [1.807, 2.05) is 17.5 Å². The number of hydrogen-bond acceptors (Lipinski definition) is 5. The van der Waals surface area contributed by atoms with Crippen molar-refractivity contribution in [3.05, 3.63) is 28.1 Å². The minimum Gasteiger partial charge on any atom is -0.481 e. The van der Waals surface area contributed by atoms with Crippen LogP contribution in [0.15, 0.2) is 17.5 Å². The van der Waals surface area contributed by atoms with E-state index in [4.69, 9.17) is 9.84 Å². The van der Waals surface area contributed by atoms with Crippen LogP contribution < -0.4 is 0 Å². The lowest BCUT2D eigenvalue weighted by molar-refractivity contribution is -0.136. The zero-order valence-electron chi connectivity index (χ0n) is 9.88. The largest absolute Gasteiger partial charge is 0.481 e. The molecule has 0 saturated heterocycles. The van der Waals surface area contributed by atoms with Gasteiger partial charge in [0.15, 0.2) is 0 Å². The molecule has 4 nitrogen and oxygen atoms in total. The normalized spacial score (nSPS) is 10.7. The second kappa shape index (κ2) is 6.08. The zero-order chi connectivity index (χ0) is 13.0. The van der Waals surface area contributed by atoms with Crippen LogP contribution in [0, 0.1) is 0 Å². The molecule has 2 aromatic heterocycles. The summed E-state index contributed by atoms with van der Waals surface area (Å²) in [6.45, 7) is 0.427. The molecule has 0 fully saturated rings. The van der Waals surface area contributed by atoms with E-state index in [0.717, 1.165) is 20.5 Å². The van der Waals surface area contributed by atoms with Crippen LogP contribution in [0.2, 0.25) is 0 Å². The molecule has 1 N–H and O–H groups in total. The molecule has 18 heavy (non-hydrogen) atoms. The third-order valence-corrected chi connectivity index (χ3v) is 4.55. The number of carboxylic acid groups (broad SMARTS) is 1. The Labute approximate surface area is 113 Å². The zero-order valence-corrected chi connectivity index (χ0v) is 11.5. The van der Waals surface area contributed by atoms with E-state index in [1.165, 1.54) is 0 Å². The highest BCUT2D eigenvalue weighted by molar-refractivity contribution is 7.21. The molecular weight excluding hydrogens is 270 g/mol. The predicted molar refractivity (Wildman–Crippen MR) is 72.1 cm³/mol. The summed E-state index contributed by atoms with van der Waals surface area (Å²) < 4.78 is 5.11. The first kappa shape index (κ1) is 13.2. The Morgan fingerprint density at radius 2 is 2.39 bits per heavy atom. The molecular formula is C12H13NO3S2. The Kier molecular flexibility index (Phi) is 4.46. The second-order valence-electron chi connectivity index (χ2n) is 3.69. The third kappa shape index (κ3) is 3.16. The maximum Gasteiger partial charge on any atom is 0.303 e. The van der Waals surface area contributed by atoms with Crippen molar-refractivity contribution in [3.63, 3.8) is 0 Å². The molecule has 6 heteroatoms. The fourth-order valence-corrected chi connectivity index (χ4v) is 3.42. The Morgan fingerprint density at radius 1 is 1.56 bits per heavy atom. The van der Waals surface area contributed by atoms with Gasteiger partial charge < -0.3 is 9.84 Å². The predicted octanol–water partition coefficient (Wildman–Crippen LogP) is 3.04. The van der Waals surface area contributed by atoms with Gasteiger partial charge in [-0.3, -0.25) is 4.79 Å². The average Bonchev–Trinajstić information content (AvgIpc) is 2.95. The van der Waals surface area contributed by atoms with Crippen molar-refractivity contribution in [2.45, 2.75) is 19.4 Å². The van der Waals surface area contributed by atoms with Gasteiger partial charge in [0.25, 0.3) is 0 Å². The van der Waals surface area contributed by atoms with E-state index >= 15 is 0 Å². The standard InChI is InChI=1S/C12H13NO3S2/c1-16-7-8-9(4-5-11(14)15)18-12(13-8)10-3-2-6-17-10/h2-3,6H,4-5,7H2,1H3,(H,14,15). The van der Waals surface area contributed by atoms with Gasteiger partial charge in [0.05, 0.1) is 23.6 Å². The van der Waals surface area contributed by atoms with Crippen LogP contribution in [0.5, 0.6) is 0 Å². The fourth-order valence-electron chi connectivity index (χ4n) is 1.55. The number of thiophene rings is 1. The van der Waals surface area contributed by atoms with Crippen molar-refractivity contribution in [1.82, 2.24) is 4.98 Å². The number of carbonyl (C=O) groups is 1. The molecule has 0 radical (unpaired) electrons. The monoisotopic (exact) mass is 283 g/mol. The summed E-state index contributed by atoms with van der Waals surface area (Å²) in [5, 5.41) is 11.7. The molecule has 0 bridgehead atoms. The van der Waals surface area contributed by atoms with Crippen molar-refractivity contribution in [2.75, 3.05) is 7.11 Å². The van der Waals surface area contributed by atoms with Crippen molar-refractivity contribution in [3.8, 4) is 9.88 Å². The van der Waals surface area contributed by atoms with Crippen LogP contribution in [0.3, 0.4) is 0 Å². The van der Waals surface area contributed by atoms with Gasteiger partial charge in [-0.1, -0.05) is 6.07 Å². The molecule has 0 aliphatic heterocycles. The molecule has 2 rings (SSSR count). The number of hydrogen-bond donors (Lipinski definition) is 1. The first-order valence-electron chi connectivity index (χ1n) is 5.44. The highest BCUT2D eigenvalue weighted by Gasteiger charge is 2.14. The van der Waals surface area contributed by atoms with Gasteiger partial charge in [-0.15, -0.1) is 22.7 Å². The smallest absolute Gasteiger partial charge is 0.303 e. The van der Waals surface area contributed by atoms with Gasteiger partial charge in [-0.05, 0) is 17.9 Å². The first-order valence-corrected chi connectivity index (χ1v) is 7.13. The Bertz CT molecular complexity index is 519. The Hall–Kier alpha value is -1.24. The molecule has 0 aliphatic rings. The lowest BCUT2D eigenvalue weighted by Gasteiger charge is -1.98. The summed E-state index contributed by atoms with van der Waals surface area (Å²) in [4.78, 5) is 17.3. The van der Waals surface area contributed by atoms with Gasteiger partial charge in [-0.2, -0.15) is 0 Å². The fraction of sp³-hybridized carbons (Fsp3) is 0.333. The molecule has 0 atom stereocenters. The number of carboxylic acids is 1. The molecule has 0 aliphatic carbocycles. The molecule has 2 heterocycles. The van der Waals surface area contributed by atoms with Crippen molar-refractivity contribution < 1.29 is 14.6 Å². The molecule has 96 valence electrons. The molecule has 0 unspecified atom stereocenters. The number of ether oxygens (including phenoxy) is 1. The number of methoxy groups -OCH3 is 1. The van der Waals surface area contributed by atoms with Crippen molar-refractivity contribution in [1.29, 1.82) is 0 Å². The third-order valence-electron chi connectivity index (χ3n) is 2.36. The van der Waals surface area contributed by atoms with E-state index in [1.54, 1.807) is 29.8 Å². The Morgan fingerprint density at radius 3 is 3.00 bits per heavy atom. The van der Waals surface area contributed by atoms with Crippen LogP contribution in [-0.4, -0.2) is 23.2 Å². The maximum absolute atomic E-state index is 10.6. The maximum atomic E-state index is 10.6. The van der Waals surface area contributed by atoms with Gasteiger partial charge in [0.2, 0.25) is 0 Å². The summed E-state index contributed by atoms with van der Waals surface area (Å²) in [6.07, 6.45) is 0.639. The number of aliphatic carboxylic acids is 1. The SMILES string of the molecule is COCc1nc(-c2cccs2)sc1CCC(=O)O. The lowest BCUT2D eigenvalue weighted by atomic mass is 10.2. The summed E-state index contributed by atoms with van der Waals surface area (Å²) >= 11 is 3.19. The van der Waals surface area contributed by atoms with Crippen LogP contribution >= 0.6 is 22.7 Å². The highest BCUT2D eigenvalue weighted by atomic mass is 32.1. The van der Waals surface area contributed by atoms with Crippen LogP contribution in [-0.2, 0) is 22.6 Å². The molecule has 0 saturated carbocycles. The minimum absolute atomic E-state index is 0.128. The summed E-state index contributed by atoms with van der Waals surface area (Å²) in [7, 11) is 1.62.